The molecule has 3 N–H and O–H groups in total. The van der Waals surface area contributed by atoms with Crippen LogP contribution in [0.4, 0.5) is 0 Å². The Morgan fingerprint density at radius 1 is 1.73 bits per heavy atom. The molecule has 0 radical (unpaired) electrons. The van der Waals surface area contributed by atoms with Crippen LogP contribution >= 0.6 is 0 Å². The van der Waals surface area contributed by atoms with Crippen LogP contribution in [0.25, 0.3) is 0 Å². The molecule has 0 unspecified atom stereocenters. The van der Waals surface area contributed by atoms with Crippen molar-refractivity contribution in [2.75, 3.05) is 0 Å². The van der Waals surface area contributed by atoms with Crippen LogP contribution < -0.4 is 11.2 Å². The fourth-order valence-corrected chi connectivity index (χ4v) is 0.928. The van der Waals surface area contributed by atoms with Gasteiger partial charge in [-0.3, -0.25) is 4.79 Å². The number of rotatable bonds is 1. The predicted molar refractivity (Wildman–Crippen MR) is 42.8 cm³/mol. The van der Waals surface area contributed by atoms with Gasteiger partial charge in [0.25, 0.3) is 5.91 Å². The number of amidine groups is 1. The van der Waals surface area contributed by atoms with Gasteiger partial charge >= 0.3 is 0 Å². The zero-order valence-electron chi connectivity index (χ0n) is 6.64. The number of allylic oxidation sites excluding steroid dienone is 1. The molecule has 0 aromatic heterocycles. The summed E-state index contributed by atoms with van der Waals surface area (Å²) in [5.74, 6) is 0.108. The van der Waals surface area contributed by atoms with E-state index in [9.17, 15) is 4.79 Å². The van der Waals surface area contributed by atoms with Crippen LogP contribution in [0.1, 0.15) is 20.3 Å². The number of nitrogens with two attached hydrogens (primary N) is 1. The smallest absolute Gasteiger partial charge is 0.275 e. The van der Waals surface area contributed by atoms with E-state index in [-0.39, 0.29) is 5.91 Å². The number of carbonyl (C=O) groups is 1. The predicted octanol–water partition coefficient (Wildman–Crippen LogP) is 0.115. The van der Waals surface area contributed by atoms with E-state index >= 15 is 0 Å². The summed E-state index contributed by atoms with van der Waals surface area (Å²) in [4.78, 5) is 11.0. The molecule has 4 heteroatoms. The van der Waals surface area contributed by atoms with Crippen LogP contribution in [0.15, 0.2) is 16.2 Å². The fraction of sp³-hybridized carbons (Fsp3) is 0.429. The lowest BCUT2D eigenvalue weighted by atomic mass is 10.1. The summed E-state index contributed by atoms with van der Waals surface area (Å²) >= 11 is 0. The Hall–Kier alpha value is -1.32. The lowest BCUT2D eigenvalue weighted by molar-refractivity contribution is -0.116. The molecule has 1 aliphatic rings. The van der Waals surface area contributed by atoms with E-state index < -0.39 is 0 Å². The Balaban J connectivity index is 3.03. The first-order valence-corrected chi connectivity index (χ1v) is 3.50. The molecule has 1 amide bonds. The van der Waals surface area contributed by atoms with Crippen molar-refractivity contribution >= 4 is 11.7 Å². The number of nitrogens with zero attached hydrogens (tertiary/aromatic N) is 1. The third-order valence-electron chi connectivity index (χ3n) is 1.72. The number of carbonyl (C=O) groups excluding carboxylic acids is 1. The minimum absolute atomic E-state index is 0.193. The maximum absolute atomic E-state index is 11.0. The maximum Gasteiger partial charge on any atom is 0.275 e. The summed E-state index contributed by atoms with van der Waals surface area (Å²) in [6.07, 6.45) is 0.818. The first kappa shape index (κ1) is 7.78. The van der Waals surface area contributed by atoms with Crippen LogP contribution in [0.5, 0.6) is 0 Å². The molecule has 0 bridgehead atoms. The van der Waals surface area contributed by atoms with Crippen LogP contribution in [0, 0.1) is 0 Å². The van der Waals surface area contributed by atoms with Gasteiger partial charge in [0, 0.05) is 0 Å². The standard InChI is InChI=1S/C7H11N3O/c1-3-4(2)5-6(8)9-10-7(5)11/h3H2,1-2H3,(H2,8,9)(H,10,11)/b5-4-. The highest BCUT2D eigenvalue weighted by Crippen LogP contribution is 2.11. The summed E-state index contributed by atoms with van der Waals surface area (Å²) in [6, 6.07) is 0. The van der Waals surface area contributed by atoms with Gasteiger partial charge in [-0.1, -0.05) is 12.5 Å². The van der Waals surface area contributed by atoms with Crippen molar-refractivity contribution < 1.29 is 4.79 Å². The van der Waals surface area contributed by atoms with Crippen LogP contribution in [0.3, 0.4) is 0 Å². The van der Waals surface area contributed by atoms with Gasteiger partial charge in [-0.2, -0.15) is 5.10 Å². The summed E-state index contributed by atoms with van der Waals surface area (Å²) in [7, 11) is 0. The highest BCUT2D eigenvalue weighted by molar-refractivity contribution is 6.23. The van der Waals surface area contributed by atoms with E-state index in [1.54, 1.807) is 0 Å². The Labute approximate surface area is 65.2 Å². The van der Waals surface area contributed by atoms with Crippen LogP contribution in [-0.2, 0) is 4.79 Å². The van der Waals surface area contributed by atoms with Crippen molar-refractivity contribution in [2.45, 2.75) is 20.3 Å². The number of amides is 1. The maximum atomic E-state index is 11.0. The third-order valence-corrected chi connectivity index (χ3v) is 1.72. The van der Waals surface area contributed by atoms with E-state index in [4.69, 9.17) is 5.73 Å². The molecule has 4 nitrogen and oxygen atoms in total. The van der Waals surface area contributed by atoms with Crippen molar-refractivity contribution in [2.24, 2.45) is 10.8 Å². The average molecular weight is 153 g/mol. The Morgan fingerprint density at radius 2 is 2.36 bits per heavy atom. The molecule has 1 aliphatic heterocycles. The number of nitrogens with one attached hydrogen (secondary N) is 1. The van der Waals surface area contributed by atoms with Gasteiger partial charge in [0.15, 0.2) is 5.84 Å². The zero-order chi connectivity index (χ0) is 8.43. The molecule has 0 aromatic rings. The molecule has 0 saturated heterocycles. The van der Waals surface area contributed by atoms with E-state index in [0.717, 1.165) is 12.0 Å². The number of hydrazone groups is 1. The van der Waals surface area contributed by atoms with Gasteiger partial charge in [-0.15, -0.1) is 0 Å². The van der Waals surface area contributed by atoms with Gasteiger partial charge in [-0.25, -0.2) is 5.43 Å². The van der Waals surface area contributed by atoms with Gasteiger partial charge in [-0.05, 0) is 13.3 Å². The minimum Gasteiger partial charge on any atom is -0.382 e. The molecular formula is C7H11N3O. The molecule has 0 saturated carbocycles. The summed E-state index contributed by atoms with van der Waals surface area (Å²) < 4.78 is 0. The number of hydrogen-bond acceptors (Lipinski definition) is 3. The van der Waals surface area contributed by atoms with Crippen molar-refractivity contribution in [1.29, 1.82) is 0 Å². The van der Waals surface area contributed by atoms with Gasteiger partial charge in [0.1, 0.15) is 0 Å². The van der Waals surface area contributed by atoms with Gasteiger partial charge < -0.3 is 5.73 Å². The molecule has 1 rings (SSSR count). The first-order valence-electron chi connectivity index (χ1n) is 3.50. The third kappa shape index (κ3) is 1.24. The topological polar surface area (TPSA) is 67.5 Å². The average Bonchev–Trinajstić information content (AvgIpc) is 2.30. The number of hydrogen-bond donors (Lipinski definition) is 2. The SMILES string of the molecule is CC/C(C)=C1\C(=O)NN=C1N. The fourth-order valence-electron chi connectivity index (χ4n) is 0.928. The second-order valence-electron chi connectivity index (χ2n) is 2.45. The summed E-state index contributed by atoms with van der Waals surface area (Å²) in [5.41, 5.74) is 9.26. The van der Waals surface area contributed by atoms with E-state index in [1.807, 2.05) is 13.8 Å². The second-order valence-corrected chi connectivity index (χ2v) is 2.45. The monoisotopic (exact) mass is 153 g/mol. The normalized spacial score (nSPS) is 21.3. The van der Waals surface area contributed by atoms with Crippen molar-refractivity contribution in [1.82, 2.24) is 5.43 Å². The molecule has 0 fully saturated rings. The molecule has 0 spiro atoms. The van der Waals surface area contributed by atoms with Crippen molar-refractivity contribution in [3.8, 4) is 0 Å². The lowest BCUT2D eigenvalue weighted by Gasteiger charge is -1.99. The highest BCUT2D eigenvalue weighted by Gasteiger charge is 2.21. The molecular weight excluding hydrogens is 142 g/mol. The molecule has 0 atom stereocenters. The van der Waals surface area contributed by atoms with E-state index in [1.165, 1.54) is 0 Å². The Kier molecular flexibility index (Phi) is 1.94. The summed E-state index contributed by atoms with van der Waals surface area (Å²) in [6.45, 7) is 3.85. The minimum atomic E-state index is -0.193. The molecule has 1 heterocycles. The lowest BCUT2D eigenvalue weighted by Crippen LogP contribution is -2.18. The summed E-state index contributed by atoms with van der Waals surface area (Å²) in [5, 5.41) is 3.60. The molecule has 0 aromatic carbocycles. The highest BCUT2D eigenvalue weighted by atomic mass is 16.2. The zero-order valence-corrected chi connectivity index (χ0v) is 6.64. The molecule has 0 aliphatic carbocycles. The molecule has 60 valence electrons. The van der Waals surface area contributed by atoms with Crippen molar-refractivity contribution in [3.63, 3.8) is 0 Å². The first-order chi connectivity index (χ1) is 5.16. The quantitative estimate of drug-likeness (QED) is 0.525. The van der Waals surface area contributed by atoms with Crippen LogP contribution in [0.2, 0.25) is 0 Å². The van der Waals surface area contributed by atoms with Gasteiger partial charge in [0.05, 0.1) is 5.57 Å². The largest absolute Gasteiger partial charge is 0.382 e. The van der Waals surface area contributed by atoms with Crippen LogP contribution in [-0.4, -0.2) is 11.7 Å². The second kappa shape index (κ2) is 2.74. The Morgan fingerprint density at radius 3 is 2.73 bits per heavy atom. The molecule has 11 heavy (non-hydrogen) atoms. The van der Waals surface area contributed by atoms with E-state index in [2.05, 4.69) is 10.5 Å². The Bertz CT molecular complexity index is 252. The van der Waals surface area contributed by atoms with Gasteiger partial charge in [0.2, 0.25) is 0 Å². The van der Waals surface area contributed by atoms with E-state index in [0.29, 0.717) is 11.4 Å². The van der Waals surface area contributed by atoms with Crippen molar-refractivity contribution in [3.05, 3.63) is 11.1 Å².